The van der Waals surface area contributed by atoms with Crippen LogP contribution in [0.1, 0.15) is 61.8 Å². The quantitative estimate of drug-likeness (QED) is 0.682. The third-order valence-electron chi connectivity index (χ3n) is 5.66. The molecule has 0 bridgehead atoms. The van der Waals surface area contributed by atoms with Gasteiger partial charge in [-0.25, -0.2) is 0 Å². The zero-order valence-electron chi connectivity index (χ0n) is 16.1. The molecule has 0 unspecified atom stereocenters. The molecule has 1 heterocycles. The predicted octanol–water partition coefficient (Wildman–Crippen LogP) is 1.86. The Bertz CT molecular complexity index is 942. The number of aliphatic hydroxyl groups is 1. The Balaban J connectivity index is 1.86. The molecule has 2 aromatic rings. The van der Waals surface area contributed by atoms with Crippen LogP contribution in [0, 0.1) is 0 Å². The highest BCUT2D eigenvalue weighted by Crippen LogP contribution is 2.26. The van der Waals surface area contributed by atoms with E-state index in [0.717, 1.165) is 25.7 Å². The zero-order valence-corrected chi connectivity index (χ0v) is 16.1. The fraction of sp³-hybridized carbons (Fsp3) is 0.476. The van der Waals surface area contributed by atoms with Gasteiger partial charge in [0, 0.05) is 29.1 Å². The molecule has 2 amide bonds. The lowest BCUT2D eigenvalue weighted by Gasteiger charge is -2.27. The summed E-state index contributed by atoms with van der Waals surface area (Å²) in [6.07, 6.45) is 6.97. The van der Waals surface area contributed by atoms with Gasteiger partial charge in [-0.2, -0.15) is 0 Å². The number of carbonyl (C=O) groups excluding carboxylic acids is 2. The van der Waals surface area contributed by atoms with Gasteiger partial charge in [0.2, 0.25) is 5.91 Å². The second-order valence-corrected chi connectivity index (χ2v) is 7.69. The van der Waals surface area contributed by atoms with Crippen molar-refractivity contribution in [3.8, 4) is 0 Å². The van der Waals surface area contributed by atoms with E-state index in [1.54, 1.807) is 31.2 Å². The maximum Gasteiger partial charge on any atom is 0.259 e. The fourth-order valence-corrected chi connectivity index (χ4v) is 3.84. The largest absolute Gasteiger partial charge is 0.388 e. The van der Waals surface area contributed by atoms with Crippen molar-refractivity contribution in [1.82, 2.24) is 9.88 Å². The summed E-state index contributed by atoms with van der Waals surface area (Å²) in [6.45, 7) is 1.75. The van der Waals surface area contributed by atoms with Gasteiger partial charge >= 0.3 is 0 Å². The molecular formula is C21H27N3O4. The lowest BCUT2D eigenvalue weighted by molar-refractivity contribution is -0.120. The maximum absolute atomic E-state index is 12.8. The summed E-state index contributed by atoms with van der Waals surface area (Å²) in [7, 11) is 0. The highest BCUT2D eigenvalue weighted by atomic mass is 16.3. The summed E-state index contributed by atoms with van der Waals surface area (Å²) in [4.78, 5) is 36.9. The van der Waals surface area contributed by atoms with Crippen molar-refractivity contribution in [2.45, 2.75) is 57.1 Å². The third kappa shape index (κ3) is 4.09. The van der Waals surface area contributed by atoms with Gasteiger partial charge in [-0.05, 0) is 38.0 Å². The molecule has 7 nitrogen and oxygen atoms in total. The van der Waals surface area contributed by atoms with E-state index < -0.39 is 17.6 Å². The number of fused-ring (bicyclic) bond motifs is 1. The minimum atomic E-state index is -0.875. The first-order valence-electron chi connectivity index (χ1n) is 9.76. The van der Waals surface area contributed by atoms with E-state index in [2.05, 4.69) is 5.32 Å². The summed E-state index contributed by atoms with van der Waals surface area (Å²) in [5.74, 6) is -0.935. The lowest BCUT2D eigenvalue weighted by Crippen LogP contribution is -2.42. The Hall–Kier alpha value is -2.67. The standard InChI is InChI=1S/C21H27N3O4/c1-14(18(22)25)24-12-9-15-16(7-6-8-17(15)20(24)27)19(26)23-13-21(28)10-4-2-3-5-11-21/h6-9,12,14,28H,2-5,10-11,13H2,1H3,(H2,22,25)(H,23,26)/t14-/m0/s1. The van der Waals surface area contributed by atoms with Gasteiger partial charge in [-0.1, -0.05) is 31.7 Å². The Labute approximate surface area is 163 Å². The van der Waals surface area contributed by atoms with E-state index in [-0.39, 0.29) is 18.0 Å². The normalized spacial score (nSPS) is 17.6. The van der Waals surface area contributed by atoms with Crippen molar-refractivity contribution in [3.63, 3.8) is 0 Å². The Morgan fingerprint density at radius 1 is 1.18 bits per heavy atom. The van der Waals surface area contributed by atoms with Crippen LogP contribution in [0.2, 0.25) is 0 Å². The topological polar surface area (TPSA) is 114 Å². The van der Waals surface area contributed by atoms with Crippen LogP contribution in [-0.2, 0) is 4.79 Å². The molecule has 1 aliphatic carbocycles. The molecule has 150 valence electrons. The van der Waals surface area contributed by atoms with Crippen LogP contribution in [0.5, 0.6) is 0 Å². The molecular weight excluding hydrogens is 358 g/mol. The monoisotopic (exact) mass is 385 g/mol. The van der Waals surface area contributed by atoms with Crippen molar-refractivity contribution in [1.29, 1.82) is 0 Å². The number of pyridine rings is 1. The SMILES string of the molecule is C[C@@H](C(N)=O)n1ccc2c(C(=O)NCC3(O)CCCCCC3)cccc2c1=O. The molecule has 1 aromatic carbocycles. The molecule has 0 aliphatic heterocycles. The number of nitrogens with zero attached hydrogens (tertiary/aromatic N) is 1. The Morgan fingerprint density at radius 2 is 1.86 bits per heavy atom. The van der Waals surface area contributed by atoms with E-state index in [0.29, 0.717) is 29.2 Å². The molecule has 28 heavy (non-hydrogen) atoms. The number of carbonyl (C=O) groups is 2. The lowest BCUT2D eigenvalue weighted by atomic mass is 9.94. The Kier molecular flexibility index (Phi) is 5.84. The van der Waals surface area contributed by atoms with Crippen LogP contribution in [-0.4, -0.2) is 33.6 Å². The number of aromatic nitrogens is 1. The number of hydrogen-bond acceptors (Lipinski definition) is 4. The van der Waals surface area contributed by atoms with Gasteiger partial charge in [-0.3, -0.25) is 14.4 Å². The van der Waals surface area contributed by atoms with Gasteiger partial charge in [-0.15, -0.1) is 0 Å². The number of primary amides is 1. The zero-order chi connectivity index (χ0) is 20.3. The highest BCUT2D eigenvalue weighted by molar-refractivity contribution is 6.06. The molecule has 1 atom stereocenters. The Morgan fingerprint density at radius 3 is 2.50 bits per heavy atom. The molecule has 0 spiro atoms. The van der Waals surface area contributed by atoms with E-state index in [4.69, 9.17) is 5.73 Å². The van der Waals surface area contributed by atoms with Crippen LogP contribution >= 0.6 is 0 Å². The molecule has 1 saturated carbocycles. The van der Waals surface area contributed by atoms with E-state index in [1.807, 2.05) is 0 Å². The van der Waals surface area contributed by atoms with Crippen LogP contribution < -0.4 is 16.6 Å². The average molecular weight is 385 g/mol. The van der Waals surface area contributed by atoms with Gasteiger partial charge in [0.05, 0.1) is 5.60 Å². The van der Waals surface area contributed by atoms with Crippen LogP contribution in [0.3, 0.4) is 0 Å². The molecule has 3 rings (SSSR count). The number of nitrogens with two attached hydrogens (primary N) is 1. The van der Waals surface area contributed by atoms with Gasteiger partial charge in [0.1, 0.15) is 6.04 Å². The molecule has 1 fully saturated rings. The van der Waals surface area contributed by atoms with Crippen LogP contribution in [0.15, 0.2) is 35.3 Å². The molecule has 4 N–H and O–H groups in total. The van der Waals surface area contributed by atoms with Crippen LogP contribution in [0.25, 0.3) is 10.8 Å². The van der Waals surface area contributed by atoms with Crippen LogP contribution in [0.4, 0.5) is 0 Å². The number of amides is 2. The van der Waals surface area contributed by atoms with Gasteiger partial charge in [0.15, 0.2) is 0 Å². The summed E-state index contributed by atoms with van der Waals surface area (Å²) >= 11 is 0. The highest BCUT2D eigenvalue weighted by Gasteiger charge is 2.28. The molecule has 1 aromatic heterocycles. The fourth-order valence-electron chi connectivity index (χ4n) is 3.84. The summed E-state index contributed by atoms with van der Waals surface area (Å²) in [5, 5.41) is 14.4. The van der Waals surface area contributed by atoms with Crippen molar-refractivity contribution < 1.29 is 14.7 Å². The van der Waals surface area contributed by atoms with Crippen molar-refractivity contribution in [2.24, 2.45) is 5.73 Å². The first kappa shape index (κ1) is 20.1. The van der Waals surface area contributed by atoms with Gasteiger partial charge < -0.3 is 20.7 Å². The summed E-state index contributed by atoms with van der Waals surface area (Å²) in [6, 6.07) is 5.77. The third-order valence-corrected chi connectivity index (χ3v) is 5.66. The average Bonchev–Trinajstić information content (AvgIpc) is 2.90. The number of nitrogens with one attached hydrogen (secondary N) is 1. The number of benzene rings is 1. The molecule has 1 aliphatic rings. The summed E-state index contributed by atoms with van der Waals surface area (Å²) < 4.78 is 1.26. The predicted molar refractivity (Wildman–Crippen MR) is 107 cm³/mol. The first-order valence-corrected chi connectivity index (χ1v) is 9.76. The van der Waals surface area contributed by atoms with E-state index in [9.17, 15) is 19.5 Å². The van der Waals surface area contributed by atoms with E-state index >= 15 is 0 Å². The molecule has 0 saturated heterocycles. The maximum atomic E-state index is 12.8. The summed E-state index contributed by atoms with van der Waals surface area (Å²) in [5.41, 5.74) is 4.42. The molecule has 7 heteroatoms. The second kappa shape index (κ2) is 8.14. The second-order valence-electron chi connectivity index (χ2n) is 7.69. The van der Waals surface area contributed by atoms with E-state index in [1.165, 1.54) is 10.8 Å². The number of rotatable bonds is 5. The van der Waals surface area contributed by atoms with Crippen molar-refractivity contribution in [2.75, 3.05) is 6.54 Å². The van der Waals surface area contributed by atoms with Gasteiger partial charge in [0.25, 0.3) is 11.5 Å². The van der Waals surface area contributed by atoms with Crippen molar-refractivity contribution >= 4 is 22.6 Å². The minimum Gasteiger partial charge on any atom is -0.388 e. The van der Waals surface area contributed by atoms with Crippen molar-refractivity contribution in [3.05, 3.63) is 46.4 Å². The smallest absolute Gasteiger partial charge is 0.259 e. The first-order chi connectivity index (χ1) is 13.3. The molecule has 0 radical (unpaired) electrons. The minimum absolute atomic E-state index is 0.192. The number of hydrogen-bond donors (Lipinski definition) is 3.